The molecule has 6 heteroatoms. The van der Waals surface area contributed by atoms with E-state index in [1.54, 1.807) is 19.3 Å². The van der Waals surface area contributed by atoms with Gasteiger partial charge in [-0.1, -0.05) is 0 Å². The Balaban J connectivity index is 1.83. The van der Waals surface area contributed by atoms with E-state index >= 15 is 0 Å². The number of rotatable bonds is 4. The molecule has 0 bridgehead atoms. The highest BCUT2D eigenvalue weighted by Crippen LogP contribution is 2.26. The number of nitrogens with zero attached hydrogens (tertiary/aromatic N) is 3. The molecule has 0 aromatic carbocycles. The molecule has 2 N–H and O–H groups in total. The van der Waals surface area contributed by atoms with Gasteiger partial charge in [0.2, 0.25) is 0 Å². The summed E-state index contributed by atoms with van der Waals surface area (Å²) in [6.07, 6.45) is 3.30. The summed E-state index contributed by atoms with van der Waals surface area (Å²) < 4.78 is 0. The smallest absolute Gasteiger partial charge is 0.189 e. The summed E-state index contributed by atoms with van der Waals surface area (Å²) in [5.74, 6) is -0.364. The van der Waals surface area contributed by atoms with Gasteiger partial charge in [-0.05, 0) is 25.9 Å². The van der Waals surface area contributed by atoms with Crippen molar-refractivity contribution in [1.82, 2.24) is 5.32 Å². The minimum Gasteiger partial charge on any atom is -0.393 e. The van der Waals surface area contributed by atoms with E-state index in [0.29, 0.717) is 17.7 Å². The highest BCUT2D eigenvalue weighted by Gasteiger charge is 2.40. The second-order valence-electron chi connectivity index (χ2n) is 5.12. The topological polar surface area (TPSA) is 86.4 Å². The van der Waals surface area contributed by atoms with Gasteiger partial charge >= 0.3 is 0 Å². The number of fused-ring (bicyclic) bond motifs is 1. The summed E-state index contributed by atoms with van der Waals surface area (Å²) in [6.45, 7) is 3.19. The number of ketones is 1. The number of aliphatic imine (C=N–C) groups is 1. The average Bonchev–Trinajstić information content (AvgIpc) is 2.76. The molecule has 2 atom stereocenters. The van der Waals surface area contributed by atoms with Crippen LogP contribution in [0, 0.1) is 11.8 Å². The third kappa shape index (κ3) is 2.06. The average molecular weight is 260 g/mol. The van der Waals surface area contributed by atoms with Crippen LogP contribution >= 0.6 is 0 Å². The van der Waals surface area contributed by atoms with Gasteiger partial charge in [0, 0.05) is 24.4 Å². The number of carbonyl (C=O) groups is 1. The second-order valence-corrected chi connectivity index (χ2v) is 5.12. The summed E-state index contributed by atoms with van der Waals surface area (Å²) in [4.78, 5) is 16.7. The van der Waals surface area contributed by atoms with Crippen molar-refractivity contribution in [2.45, 2.75) is 19.4 Å². The van der Waals surface area contributed by atoms with E-state index in [1.807, 2.05) is 0 Å². The fourth-order valence-electron chi connectivity index (χ4n) is 2.64. The van der Waals surface area contributed by atoms with Crippen molar-refractivity contribution in [2.24, 2.45) is 27.0 Å². The Labute approximate surface area is 111 Å². The maximum absolute atomic E-state index is 12.6. The maximum Gasteiger partial charge on any atom is 0.189 e. The van der Waals surface area contributed by atoms with Gasteiger partial charge in [-0.2, -0.15) is 5.10 Å². The van der Waals surface area contributed by atoms with Crippen LogP contribution in [0.2, 0.25) is 0 Å². The van der Waals surface area contributed by atoms with Crippen molar-refractivity contribution in [3.63, 3.8) is 0 Å². The number of hydrogen-bond acceptors (Lipinski definition) is 6. The van der Waals surface area contributed by atoms with Gasteiger partial charge < -0.3 is 10.4 Å². The molecule has 1 saturated heterocycles. The molecule has 3 heterocycles. The standard InChI is InChI=1S/C13H16N4O2/c1-7(18)11(8-4-15-5-8)13(19)12-9-6-14-3-2-10(9)16-17-12/h3,6-8,11,15,18H,2,4-5H2,1H3. The summed E-state index contributed by atoms with van der Waals surface area (Å²) in [5.41, 5.74) is 1.85. The Kier molecular flexibility index (Phi) is 3.12. The highest BCUT2D eigenvalue weighted by atomic mass is 16.3. The molecule has 0 radical (unpaired) electrons. The number of nitrogens with one attached hydrogen (secondary N) is 1. The number of aliphatic hydroxyl groups is 1. The highest BCUT2D eigenvalue weighted by molar-refractivity contribution is 6.54. The first-order chi connectivity index (χ1) is 9.18. The number of carbonyl (C=O) groups excluding carboxylic acids is 1. The Bertz CT molecular complexity index is 527. The molecule has 2 unspecified atom stereocenters. The number of allylic oxidation sites excluding steroid dienone is 1. The van der Waals surface area contributed by atoms with E-state index in [9.17, 15) is 9.90 Å². The number of Topliss-reactive ketones (excluding diaryl/α,β-unsaturated/α-hetero) is 1. The van der Waals surface area contributed by atoms with Gasteiger partial charge in [-0.25, -0.2) is 0 Å². The molecule has 3 aliphatic rings. The zero-order valence-corrected chi connectivity index (χ0v) is 10.7. The Morgan fingerprint density at radius 3 is 2.89 bits per heavy atom. The Hall–Kier alpha value is -1.66. The van der Waals surface area contributed by atoms with Crippen molar-refractivity contribution < 1.29 is 9.90 Å². The molecule has 0 spiro atoms. The summed E-state index contributed by atoms with van der Waals surface area (Å²) in [6, 6.07) is 0. The number of aliphatic hydroxyl groups excluding tert-OH is 1. The van der Waals surface area contributed by atoms with Crippen LogP contribution in [-0.2, 0) is 4.79 Å². The Morgan fingerprint density at radius 2 is 2.26 bits per heavy atom. The van der Waals surface area contributed by atoms with Crippen LogP contribution in [0.15, 0.2) is 27.0 Å². The van der Waals surface area contributed by atoms with Gasteiger partial charge in [0.05, 0.1) is 17.7 Å². The van der Waals surface area contributed by atoms with Gasteiger partial charge in [0.15, 0.2) is 5.78 Å². The molecule has 19 heavy (non-hydrogen) atoms. The van der Waals surface area contributed by atoms with Gasteiger partial charge in [-0.3, -0.25) is 9.79 Å². The molecule has 0 saturated carbocycles. The van der Waals surface area contributed by atoms with Crippen molar-refractivity contribution >= 4 is 23.4 Å². The van der Waals surface area contributed by atoms with Crippen LogP contribution in [0.4, 0.5) is 0 Å². The summed E-state index contributed by atoms with van der Waals surface area (Å²) in [7, 11) is 0. The molecule has 0 amide bonds. The first-order valence-electron chi connectivity index (χ1n) is 6.48. The minimum absolute atomic E-state index is 0.122. The van der Waals surface area contributed by atoms with Crippen molar-refractivity contribution in [3.8, 4) is 0 Å². The molecule has 3 rings (SSSR count). The van der Waals surface area contributed by atoms with E-state index < -0.39 is 12.0 Å². The van der Waals surface area contributed by atoms with E-state index in [1.165, 1.54) is 0 Å². The molecule has 0 aromatic rings. The van der Waals surface area contributed by atoms with Crippen molar-refractivity contribution in [2.75, 3.05) is 13.1 Å². The lowest BCUT2D eigenvalue weighted by atomic mass is 9.78. The van der Waals surface area contributed by atoms with Gasteiger partial charge in [-0.15, -0.1) is 5.10 Å². The molecule has 0 aliphatic carbocycles. The van der Waals surface area contributed by atoms with Crippen LogP contribution in [-0.4, -0.2) is 47.7 Å². The Morgan fingerprint density at radius 1 is 1.47 bits per heavy atom. The summed E-state index contributed by atoms with van der Waals surface area (Å²) >= 11 is 0. The molecular weight excluding hydrogens is 244 g/mol. The SMILES string of the molecule is CC(O)C(C(=O)C1=NN=C2CC=NC=C21)C1CNC1. The quantitative estimate of drug-likeness (QED) is 0.742. The normalized spacial score (nSPS) is 24.8. The zero-order chi connectivity index (χ0) is 13.4. The largest absolute Gasteiger partial charge is 0.393 e. The molecular formula is C13H16N4O2. The first-order valence-corrected chi connectivity index (χ1v) is 6.48. The lowest BCUT2D eigenvalue weighted by Gasteiger charge is -2.35. The van der Waals surface area contributed by atoms with Crippen LogP contribution in [0.3, 0.4) is 0 Å². The van der Waals surface area contributed by atoms with Crippen LogP contribution in [0.25, 0.3) is 0 Å². The summed E-state index contributed by atoms with van der Waals surface area (Å²) in [5, 5.41) is 21.0. The van der Waals surface area contributed by atoms with Gasteiger partial charge in [0.1, 0.15) is 5.71 Å². The van der Waals surface area contributed by atoms with E-state index in [4.69, 9.17) is 0 Å². The lowest BCUT2D eigenvalue weighted by molar-refractivity contribution is -0.122. The van der Waals surface area contributed by atoms with Crippen LogP contribution in [0.1, 0.15) is 13.3 Å². The molecule has 100 valence electrons. The van der Waals surface area contributed by atoms with E-state index in [-0.39, 0.29) is 11.7 Å². The fraction of sp³-hybridized carbons (Fsp3) is 0.538. The fourth-order valence-corrected chi connectivity index (χ4v) is 2.64. The first kappa shape index (κ1) is 12.4. The van der Waals surface area contributed by atoms with Crippen molar-refractivity contribution in [1.29, 1.82) is 0 Å². The van der Waals surface area contributed by atoms with Crippen molar-refractivity contribution in [3.05, 3.63) is 11.8 Å². The minimum atomic E-state index is -0.681. The van der Waals surface area contributed by atoms with Crippen LogP contribution in [0.5, 0.6) is 0 Å². The molecule has 3 aliphatic heterocycles. The third-order valence-corrected chi connectivity index (χ3v) is 3.81. The predicted octanol–water partition coefficient (Wildman–Crippen LogP) is -0.0591. The lowest BCUT2D eigenvalue weighted by Crippen LogP contribution is -2.52. The van der Waals surface area contributed by atoms with E-state index in [0.717, 1.165) is 18.8 Å². The molecule has 1 fully saturated rings. The molecule has 6 nitrogen and oxygen atoms in total. The number of hydrogen-bond donors (Lipinski definition) is 2. The monoisotopic (exact) mass is 260 g/mol. The maximum atomic E-state index is 12.6. The van der Waals surface area contributed by atoms with Crippen LogP contribution < -0.4 is 5.32 Å². The van der Waals surface area contributed by atoms with E-state index in [2.05, 4.69) is 20.5 Å². The zero-order valence-electron chi connectivity index (χ0n) is 10.7. The molecule has 0 aromatic heterocycles. The predicted molar refractivity (Wildman–Crippen MR) is 72.6 cm³/mol. The van der Waals surface area contributed by atoms with Gasteiger partial charge in [0.25, 0.3) is 0 Å². The third-order valence-electron chi connectivity index (χ3n) is 3.81. The second kappa shape index (κ2) is 4.79.